The van der Waals surface area contributed by atoms with Gasteiger partial charge < -0.3 is 5.11 Å². The Morgan fingerprint density at radius 1 is 1.62 bits per heavy atom. The van der Waals surface area contributed by atoms with Gasteiger partial charge in [0.25, 0.3) is 0 Å². The number of aliphatic hydroxyl groups excluding tert-OH is 1. The van der Waals surface area contributed by atoms with Crippen LogP contribution in [0.4, 0.5) is 0 Å². The monoisotopic (exact) mass is 260 g/mol. The van der Waals surface area contributed by atoms with Crippen LogP contribution in [0.5, 0.6) is 0 Å². The first-order chi connectivity index (χ1) is 6.25. The molecule has 1 N–H and O–H groups in total. The highest BCUT2D eigenvalue weighted by atomic mass is 79.9. The minimum absolute atomic E-state index is 0.243. The lowest BCUT2D eigenvalue weighted by atomic mass is 9.81. The van der Waals surface area contributed by atoms with E-state index < -0.39 is 0 Å². The van der Waals surface area contributed by atoms with Crippen molar-refractivity contribution in [2.24, 2.45) is 5.92 Å². The molecule has 13 heavy (non-hydrogen) atoms. The highest BCUT2D eigenvalue weighted by molar-refractivity contribution is 9.11. The maximum Gasteiger partial charge on any atom is 0.0801 e. The summed E-state index contributed by atoms with van der Waals surface area (Å²) >= 11 is 5.05. The highest BCUT2D eigenvalue weighted by Gasteiger charge is 2.22. The highest BCUT2D eigenvalue weighted by Crippen LogP contribution is 2.36. The average molecular weight is 261 g/mol. The van der Waals surface area contributed by atoms with E-state index >= 15 is 0 Å². The Morgan fingerprint density at radius 3 is 2.85 bits per heavy atom. The molecule has 1 aliphatic carbocycles. The van der Waals surface area contributed by atoms with Gasteiger partial charge >= 0.3 is 0 Å². The molecule has 1 fully saturated rings. The number of aliphatic hydroxyl groups is 1. The first kappa shape index (κ1) is 9.69. The predicted molar refractivity (Wildman–Crippen MR) is 58.9 cm³/mol. The van der Waals surface area contributed by atoms with E-state index in [1.54, 1.807) is 11.3 Å². The SMILES string of the molecule is OC(CC1CCC1)c1csc(Br)c1. The number of rotatable bonds is 3. The molecular weight excluding hydrogens is 248 g/mol. The summed E-state index contributed by atoms with van der Waals surface area (Å²) in [6, 6.07) is 2.02. The Bertz CT molecular complexity index is 280. The van der Waals surface area contributed by atoms with Crippen LogP contribution in [0, 0.1) is 5.92 Å². The molecule has 2 rings (SSSR count). The zero-order valence-electron chi connectivity index (χ0n) is 7.37. The molecule has 0 spiro atoms. The third-order valence-corrected chi connectivity index (χ3v) is 4.28. The van der Waals surface area contributed by atoms with Crippen LogP contribution < -0.4 is 0 Å². The number of halogens is 1. The lowest BCUT2D eigenvalue weighted by Crippen LogP contribution is -2.14. The molecule has 1 nitrogen and oxygen atoms in total. The second-order valence-corrected chi connectivity index (χ2v) is 6.02. The number of hydrogen-bond donors (Lipinski definition) is 1. The Morgan fingerprint density at radius 2 is 2.38 bits per heavy atom. The summed E-state index contributed by atoms with van der Waals surface area (Å²) in [5.74, 6) is 0.772. The van der Waals surface area contributed by atoms with E-state index in [-0.39, 0.29) is 6.10 Å². The van der Waals surface area contributed by atoms with Crippen LogP contribution in [0.25, 0.3) is 0 Å². The van der Waals surface area contributed by atoms with Crippen LogP contribution in [0.1, 0.15) is 37.4 Å². The van der Waals surface area contributed by atoms with E-state index in [1.807, 2.05) is 11.4 Å². The Balaban J connectivity index is 1.92. The minimum Gasteiger partial charge on any atom is -0.388 e. The molecule has 0 radical (unpaired) electrons. The van der Waals surface area contributed by atoms with E-state index in [0.717, 1.165) is 21.7 Å². The lowest BCUT2D eigenvalue weighted by Gasteiger charge is -2.27. The predicted octanol–water partition coefficient (Wildman–Crippen LogP) is 3.73. The van der Waals surface area contributed by atoms with Crippen molar-refractivity contribution in [1.82, 2.24) is 0 Å². The summed E-state index contributed by atoms with van der Waals surface area (Å²) in [6.07, 6.45) is 4.67. The van der Waals surface area contributed by atoms with Crippen molar-refractivity contribution >= 4 is 27.3 Å². The van der Waals surface area contributed by atoms with E-state index in [1.165, 1.54) is 19.3 Å². The standard InChI is InChI=1S/C10H13BrOS/c11-10-5-8(6-13-10)9(12)4-7-2-1-3-7/h5-7,9,12H,1-4H2. The normalized spacial score (nSPS) is 19.8. The number of thiophene rings is 1. The van der Waals surface area contributed by atoms with Crippen molar-refractivity contribution in [3.8, 4) is 0 Å². The minimum atomic E-state index is -0.243. The molecule has 1 unspecified atom stereocenters. The van der Waals surface area contributed by atoms with Gasteiger partial charge in [-0.3, -0.25) is 0 Å². The van der Waals surface area contributed by atoms with Crippen LogP contribution >= 0.6 is 27.3 Å². The quantitative estimate of drug-likeness (QED) is 0.878. The van der Waals surface area contributed by atoms with Gasteiger partial charge in [0, 0.05) is 0 Å². The van der Waals surface area contributed by atoms with E-state index in [9.17, 15) is 5.11 Å². The van der Waals surface area contributed by atoms with Crippen molar-refractivity contribution < 1.29 is 5.11 Å². The average Bonchev–Trinajstić information content (AvgIpc) is 2.44. The van der Waals surface area contributed by atoms with Crippen molar-refractivity contribution in [1.29, 1.82) is 0 Å². The Kier molecular flexibility index (Phi) is 3.06. The summed E-state index contributed by atoms with van der Waals surface area (Å²) in [7, 11) is 0. The summed E-state index contributed by atoms with van der Waals surface area (Å²) in [4.78, 5) is 0. The molecule has 1 aliphatic rings. The van der Waals surface area contributed by atoms with E-state index in [4.69, 9.17) is 0 Å². The van der Waals surface area contributed by atoms with Gasteiger partial charge in [0.15, 0.2) is 0 Å². The summed E-state index contributed by atoms with van der Waals surface area (Å²) in [6.45, 7) is 0. The fourth-order valence-electron chi connectivity index (χ4n) is 1.68. The molecule has 0 bridgehead atoms. The molecular formula is C10H13BrOS. The van der Waals surface area contributed by atoms with E-state index in [2.05, 4.69) is 15.9 Å². The number of hydrogen-bond acceptors (Lipinski definition) is 2. The molecule has 72 valence electrons. The molecule has 0 amide bonds. The molecule has 0 saturated heterocycles. The third kappa shape index (κ3) is 2.33. The summed E-state index contributed by atoms with van der Waals surface area (Å²) < 4.78 is 1.11. The summed E-state index contributed by atoms with van der Waals surface area (Å²) in [5, 5.41) is 11.9. The van der Waals surface area contributed by atoms with Gasteiger partial charge in [0.2, 0.25) is 0 Å². The molecule has 0 aliphatic heterocycles. The van der Waals surface area contributed by atoms with Crippen LogP contribution in [0.3, 0.4) is 0 Å². The zero-order valence-corrected chi connectivity index (χ0v) is 9.77. The molecule has 1 aromatic heterocycles. The van der Waals surface area contributed by atoms with Gasteiger partial charge in [0.1, 0.15) is 0 Å². The molecule has 1 heterocycles. The van der Waals surface area contributed by atoms with Crippen molar-refractivity contribution in [2.75, 3.05) is 0 Å². The van der Waals surface area contributed by atoms with Crippen LogP contribution in [0.2, 0.25) is 0 Å². The van der Waals surface area contributed by atoms with Gasteiger partial charge in [0.05, 0.1) is 9.89 Å². The largest absolute Gasteiger partial charge is 0.388 e. The smallest absolute Gasteiger partial charge is 0.0801 e. The zero-order chi connectivity index (χ0) is 9.26. The summed E-state index contributed by atoms with van der Waals surface area (Å²) in [5.41, 5.74) is 1.07. The van der Waals surface area contributed by atoms with Crippen LogP contribution in [-0.2, 0) is 0 Å². The fraction of sp³-hybridized carbons (Fsp3) is 0.600. The third-order valence-electron chi connectivity index (χ3n) is 2.75. The van der Waals surface area contributed by atoms with Crippen molar-refractivity contribution in [3.63, 3.8) is 0 Å². The molecule has 3 heteroatoms. The second-order valence-electron chi connectivity index (χ2n) is 3.73. The maximum atomic E-state index is 9.86. The second kappa shape index (κ2) is 4.11. The van der Waals surface area contributed by atoms with Crippen molar-refractivity contribution in [2.45, 2.75) is 31.8 Å². The molecule has 0 aromatic carbocycles. The Hall–Kier alpha value is 0.140. The molecule has 1 aromatic rings. The lowest BCUT2D eigenvalue weighted by molar-refractivity contribution is 0.119. The molecule has 1 saturated carbocycles. The first-order valence-electron chi connectivity index (χ1n) is 4.67. The topological polar surface area (TPSA) is 20.2 Å². The van der Waals surface area contributed by atoms with Gasteiger partial charge in [-0.25, -0.2) is 0 Å². The van der Waals surface area contributed by atoms with Gasteiger partial charge in [-0.1, -0.05) is 19.3 Å². The van der Waals surface area contributed by atoms with Gasteiger partial charge in [-0.2, -0.15) is 0 Å². The molecule has 1 atom stereocenters. The van der Waals surface area contributed by atoms with Gasteiger partial charge in [-0.15, -0.1) is 11.3 Å². The van der Waals surface area contributed by atoms with Crippen LogP contribution in [-0.4, -0.2) is 5.11 Å². The van der Waals surface area contributed by atoms with Crippen molar-refractivity contribution in [3.05, 3.63) is 20.8 Å². The maximum absolute atomic E-state index is 9.86. The first-order valence-corrected chi connectivity index (χ1v) is 6.35. The van der Waals surface area contributed by atoms with Crippen LogP contribution in [0.15, 0.2) is 15.2 Å². The Labute approximate surface area is 90.9 Å². The fourth-order valence-corrected chi connectivity index (χ4v) is 2.90. The van der Waals surface area contributed by atoms with E-state index in [0.29, 0.717) is 0 Å². The van der Waals surface area contributed by atoms with Gasteiger partial charge in [-0.05, 0) is 45.3 Å².